The van der Waals surface area contributed by atoms with Gasteiger partial charge in [-0.3, -0.25) is 0 Å². The van der Waals surface area contributed by atoms with Crippen molar-refractivity contribution >= 4 is 0 Å². The molecule has 1 aliphatic carbocycles. The van der Waals surface area contributed by atoms with Crippen LogP contribution < -0.4 is 5.73 Å². The maximum Gasteiger partial charge on any atom is 0.0680 e. The Morgan fingerprint density at radius 3 is 2.70 bits per heavy atom. The lowest BCUT2D eigenvalue weighted by Crippen LogP contribution is -2.51. The van der Waals surface area contributed by atoms with Gasteiger partial charge in [-0.05, 0) is 25.7 Å². The summed E-state index contributed by atoms with van der Waals surface area (Å²) < 4.78 is 0. The van der Waals surface area contributed by atoms with E-state index in [1.165, 1.54) is 0 Å². The van der Waals surface area contributed by atoms with Crippen molar-refractivity contribution in [2.45, 2.75) is 37.3 Å². The molecular formula is C8H15NO. The van der Waals surface area contributed by atoms with Gasteiger partial charge < -0.3 is 10.8 Å². The molecule has 0 bridgehead atoms. The zero-order valence-electron chi connectivity index (χ0n) is 6.21. The molecule has 0 aromatic heterocycles. The Bertz CT molecular complexity index is 127. The summed E-state index contributed by atoms with van der Waals surface area (Å²) in [7, 11) is 0. The van der Waals surface area contributed by atoms with Crippen molar-refractivity contribution in [1.29, 1.82) is 0 Å². The number of nitrogens with two attached hydrogens (primary N) is 1. The minimum Gasteiger partial charge on any atom is -0.390 e. The third-order valence-electron chi connectivity index (χ3n) is 2.10. The monoisotopic (exact) mass is 141 g/mol. The second-order valence-corrected chi connectivity index (χ2v) is 3.22. The van der Waals surface area contributed by atoms with Gasteiger partial charge in [0, 0.05) is 6.04 Å². The van der Waals surface area contributed by atoms with E-state index in [0.717, 1.165) is 25.7 Å². The SMILES string of the molecule is C=CCCC1(O)CC(N)C1. The smallest absolute Gasteiger partial charge is 0.0680 e. The third kappa shape index (κ3) is 1.58. The van der Waals surface area contributed by atoms with Crippen LogP contribution in [0.1, 0.15) is 25.7 Å². The van der Waals surface area contributed by atoms with E-state index >= 15 is 0 Å². The summed E-state index contributed by atoms with van der Waals surface area (Å²) in [5.74, 6) is 0. The Kier molecular flexibility index (Phi) is 2.11. The van der Waals surface area contributed by atoms with Crippen LogP contribution in [0.5, 0.6) is 0 Å². The van der Waals surface area contributed by atoms with Gasteiger partial charge in [0.25, 0.3) is 0 Å². The van der Waals surface area contributed by atoms with Crippen LogP contribution in [0, 0.1) is 0 Å². The number of hydrogen-bond donors (Lipinski definition) is 2. The predicted octanol–water partition coefficient (Wildman–Crippen LogP) is 0.805. The highest BCUT2D eigenvalue weighted by Crippen LogP contribution is 2.34. The van der Waals surface area contributed by atoms with E-state index in [1.54, 1.807) is 0 Å². The molecule has 0 amide bonds. The Hall–Kier alpha value is -0.340. The largest absolute Gasteiger partial charge is 0.390 e. The van der Waals surface area contributed by atoms with E-state index < -0.39 is 5.60 Å². The molecule has 1 rings (SSSR count). The van der Waals surface area contributed by atoms with Gasteiger partial charge in [-0.25, -0.2) is 0 Å². The molecule has 0 aromatic carbocycles. The number of aliphatic hydroxyl groups is 1. The first-order chi connectivity index (χ1) is 4.66. The van der Waals surface area contributed by atoms with Crippen LogP contribution in [0.3, 0.4) is 0 Å². The summed E-state index contributed by atoms with van der Waals surface area (Å²) in [4.78, 5) is 0. The van der Waals surface area contributed by atoms with E-state index in [2.05, 4.69) is 6.58 Å². The average molecular weight is 141 g/mol. The first kappa shape index (κ1) is 7.76. The highest BCUT2D eigenvalue weighted by Gasteiger charge is 2.39. The highest BCUT2D eigenvalue weighted by atomic mass is 16.3. The Labute approximate surface area is 61.7 Å². The summed E-state index contributed by atoms with van der Waals surface area (Å²) in [6, 6.07) is 0.231. The fraction of sp³-hybridized carbons (Fsp3) is 0.750. The maximum absolute atomic E-state index is 9.58. The van der Waals surface area contributed by atoms with Gasteiger partial charge in [0.2, 0.25) is 0 Å². The second-order valence-electron chi connectivity index (χ2n) is 3.22. The lowest BCUT2D eigenvalue weighted by atomic mass is 9.73. The van der Waals surface area contributed by atoms with E-state index in [4.69, 9.17) is 5.73 Å². The Morgan fingerprint density at radius 2 is 2.30 bits per heavy atom. The van der Waals surface area contributed by atoms with Crippen molar-refractivity contribution in [1.82, 2.24) is 0 Å². The normalized spacial score (nSPS) is 38.8. The molecular weight excluding hydrogens is 126 g/mol. The van der Waals surface area contributed by atoms with Gasteiger partial charge >= 0.3 is 0 Å². The van der Waals surface area contributed by atoms with Gasteiger partial charge in [-0.1, -0.05) is 6.08 Å². The van der Waals surface area contributed by atoms with E-state index in [0.29, 0.717) is 0 Å². The first-order valence-corrected chi connectivity index (χ1v) is 3.75. The lowest BCUT2D eigenvalue weighted by Gasteiger charge is -2.41. The molecule has 1 fully saturated rings. The van der Waals surface area contributed by atoms with Crippen molar-refractivity contribution in [2.24, 2.45) is 5.73 Å². The van der Waals surface area contributed by atoms with Crippen LogP contribution in [0.25, 0.3) is 0 Å². The molecule has 2 nitrogen and oxygen atoms in total. The molecule has 1 aliphatic rings. The van der Waals surface area contributed by atoms with Crippen LogP contribution in [0.15, 0.2) is 12.7 Å². The summed E-state index contributed by atoms with van der Waals surface area (Å²) >= 11 is 0. The van der Waals surface area contributed by atoms with Gasteiger partial charge in [0.1, 0.15) is 0 Å². The van der Waals surface area contributed by atoms with Gasteiger partial charge in [0.05, 0.1) is 5.60 Å². The van der Waals surface area contributed by atoms with Crippen molar-refractivity contribution in [3.63, 3.8) is 0 Å². The third-order valence-corrected chi connectivity index (χ3v) is 2.10. The van der Waals surface area contributed by atoms with Gasteiger partial charge in [-0.2, -0.15) is 0 Å². The molecule has 58 valence electrons. The van der Waals surface area contributed by atoms with E-state index in [1.807, 2.05) is 6.08 Å². The van der Waals surface area contributed by atoms with E-state index in [9.17, 15) is 5.11 Å². The van der Waals surface area contributed by atoms with Crippen LogP contribution in [0.2, 0.25) is 0 Å². The summed E-state index contributed by atoms with van der Waals surface area (Å²) in [6.45, 7) is 3.60. The molecule has 2 heteroatoms. The van der Waals surface area contributed by atoms with Gasteiger partial charge in [-0.15, -0.1) is 6.58 Å². The van der Waals surface area contributed by atoms with E-state index in [-0.39, 0.29) is 6.04 Å². The minimum atomic E-state index is -0.451. The molecule has 0 aliphatic heterocycles. The predicted molar refractivity (Wildman–Crippen MR) is 41.6 cm³/mol. The van der Waals surface area contributed by atoms with Crippen LogP contribution in [-0.2, 0) is 0 Å². The molecule has 0 unspecified atom stereocenters. The number of rotatable bonds is 3. The molecule has 3 N–H and O–H groups in total. The molecule has 0 spiro atoms. The molecule has 10 heavy (non-hydrogen) atoms. The Morgan fingerprint density at radius 1 is 1.70 bits per heavy atom. The Balaban J connectivity index is 2.20. The first-order valence-electron chi connectivity index (χ1n) is 3.75. The second kappa shape index (κ2) is 2.72. The standard InChI is InChI=1S/C8H15NO/c1-2-3-4-8(10)5-7(9)6-8/h2,7,10H,1,3-6,9H2. The summed E-state index contributed by atoms with van der Waals surface area (Å²) in [5, 5.41) is 9.58. The molecule has 0 atom stereocenters. The average Bonchev–Trinajstić information content (AvgIpc) is 1.81. The zero-order chi connectivity index (χ0) is 7.61. The van der Waals surface area contributed by atoms with Gasteiger partial charge in [0.15, 0.2) is 0 Å². The van der Waals surface area contributed by atoms with Crippen LogP contribution in [0.4, 0.5) is 0 Å². The van der Waals surface area contributed by atoms with Crippen molar-refractivity contribution < 1.29 is 5.11 Å². The van der Waals surface area contributed by atoms with Crippen LogP contribution in [-0.4, -0.2) is 16.7 Å². The van der Waals surface area contributed by atoms with Crippen LogP contribution >= 0.6 is 0 Å². The molecule has 0 saturated heterocycles. The molecule has 1 saturated carbocycles. The molecule has 0 radical (unpaired) electrons. The topological polar surface area (TPSA) is 46.2 Å². The molecule has 0 aromatic rings. The quantitative estimate of drug-likeness (QED) is 0.571. The van der Waals surface area contributed by atoms with Crippen molar-refractivity contribution in [2.75, 3.05) is 0 Å². The fourth-order valence-electron chi connectivity index (χ4n) is 1.49. The number of allylic oxidation sites excluding steroid dienone is 1. The lowest BCUT2D eigenvalue weighted by molar-refractivity contribution is -0.0520. The van der Waals surface area contributed by atoms with Crippen molar-refractivity contribution in [3.8, 4) is 0 Å². The maximum atomic E-state index is 9.58. The highest BCUT2D eigenvalue weighted by molar-refractivity contribution is 4.97. The summed E-state index contributed by atoms with van der Waals surface area (Å²) in [5.41, 5.74) is 5.09. The fourth-order valence-corrected chi connectivity index (χ4v) is 1.49. The van der Waals surface area contributed by atoms with Crippen molar-refractivity contribution in [3.05, 3.63) is 12.7 Å². The minimum absolute atomic E-state index is 0.231. The zero-order valence-corrected chi connectivity index (χ0v) is 6.21. The summed E-state index contributed by atoms with van der Waals surface area (Å²) in [6.07, 6.45) is 5.08. The number of hydrogen-bond acceptors (Lipinski definition) is 2. The molecule has 0 heterocycles.